The van der Waals surface area contributed by atoms with Crippen molar-refractivity contribution in [2.45, 2.75) is 47.1 Å². The van der Waals surface area contributed by atoms with Crippen molar-refractivity contribution in [3.05, 3.63) is 64.7 Å². The van der Waals surface area contributed by atoms with Gasteiger partial charge in [-0.05, 0) is 49.1 Å². The summed E-state index contributed by atoms with van der Waals surface area (Å²) in [7, 11) is 0. The number of carbonyl (C=O) groups is 1. The highest BCUT2D eigenvalue weighted by atomic mass is 35.5. The summed E-state index contributed by atoms with van der Waals surface area (Å²) in [6, 6.07) is 15.7. The van der Waals surface area contributed by atoms with E-state index in [1.807, 2.05) is 64.1 Å². The monoisotopic (exact) mass is 388 g/mol. The second-order valence-electron chi connectivity index (χ2n) is 7.77. The first kappa shape index (κ1) is 21.3. The molecule has 2 rings (SSSR count). The van der Waals surface area contributed by atoms with Crippen LogP contribution in [0.1, 0.15) is 45.7 Å². The highest BCUT2D eigenvalue weighted by Gasteiger charge is 2.45. The number of aliphatic carboxylic acids is 1. The molecular formula is C23H29ClO3. The molecule has 0 aromatic heterocycles. The Labute approximate surface area is 167 Å². The molecule has 0 aliphatic rings. The van der Waals surface area contributed by atoms with E-state index in [1.165, 1.54) is 5.56 Å². The topological polar surface area (TPSA) is 46.5 Å². The fourth-order valence-corrected chi connectivity index (χ4v) is 3.57. The third-order valence-corrected chi connectivity index (χ3v) is 6.12. The first-order chi connectivity index (χ1) is 12.7. The number of halogens is 1. The molecule has 2 aromatic carbocycles. The maximum atomic E-state index is 11.9. The van der Waals surface area contributed by atoms with E-state index in [0.717, 1.165) is 11.3 Å². The summed E-state index contributed by atoms with van der Waals surface area (Å²) in [6.07, 6.45) is 0.447. The van der Waals surface area contributed by atoms with Gasteiger partial charge in [-0.3, -0.25) is 4.79 Å². The molecule has 0 heterocycles. The summed E-state index contributed by atoms with van der Waals surface area (Å²) in [5.41, 5.74) is 1.29. The van der Waals surface area contributed by atoms with Crippen molar-refractivity contribution < 1.29 is 14.6 Å². The number of rotatable bonds is 8. The molecule has 0 aliphatic heterocycles. The van der Waals surface area contributed by atoms with Crippen molar-refractivity contribution >= 4 is 17.6 Å². The van der Waals surface area contributed by atoms with Crippen LogP contribution in [0.4, 0.5) is 0 Å². The maximum Gasteiger partial charge on any atom is 0.310 e. The smallest absolute Gasteiger partial charge is 0.310 e. The van der Waals surface area contributed by atoms with Crippen molar-refractivity contribution in [3.8, 4) is 5.75 Å². The van der Waals surface area contributed by atoms with Crippen LogP contribution < -0.4 is 4.74 Å². The Balaban J connectivity index is 2.27. The quantitative estimate of drug-likeness (QED) is 0.595. The highest BCUT2D eigenvalue weighted by Crippen LogP contribution is 2.39. The minimum Gasteiger partial charge on any atom is -0.490 e. The van der Waals surface area contributed by atoms with Gasteiger partial charge in [0, 0.05) is 17.4 Å². The van der Waals surface area contributed by atoms with Crippen molar-refractivity contribution in [1.29, 1.82) is 0 Å². The van der Waals surface area contributed by atoms with Crippen LogP contribution in [-0.2, 0) is 11.2 Å². The van der Waals surface area contributed by atoms with Gasteiger partial charge in [0.25, 0.3) is 0 Å². The molecule has 146 valence electrons. The Kier molecular flexibility index (Phi) is 6.94. The van der Waals surface area contributed by atoms with Crippen molar-refractivity contribution in [2.24, 2.45) is 17.3 Å². The summed E-state index contributed by atoms with van der Waals surface area (Å²) in [5, 5.41) is 10.5. The zero-order chi connectivity index (χ0) is 20.2. The lowest BCUT2D eigenvalue weighted by Gasteiger charge is -2.38. The Morgan fingerprint density at radius 1 is 1.11 bits per heavy atom. The molecule has 3 unspecified atom stereocenters. The number of hydrogen-bond acceptors (Lipinski definition) is 2. The lowest BCUT2D eigenvalue weighted by Crippen LogP contribution is -2.45. The number of benzene rings is 2. The second kappa shape index (κ2) is 8.79. The standard InChI is InChI=1S/C23H29ClO3/c1-15(2)23(5,22(25)26)16(3)17(4)27-21-12-11-20(24)14-19(21)13-18-9-7-6-8-10-18/h6-12,14-17H,13H2,1-5H3,(H,25,26). The van der Waals surface area contributed by atoms with E-state index < -0.39 is 11.4 Å². The van der Waals surface area contributed by atoms with Gasteiger partial charge in [-0.1, -0.05) is 62.7 Å². The van der Waals surface area contributed by atoms with Crippen LogP contribution >= 0.6 is 11.6 Å². The molecule has 4 heteroatoms. The largest absolute Gasteiger partial charge is 0.490 e. The molecule has 0 fully saturated rings. The first-order valence-corrected chi connectivity index (χ1v) is 9.76. The van der Waals surface area contributed by atoms with Gasteiger partial charge in [-0.25, -0.2) is 0 Å². The van der Waals surface area contributed by atoms with Crippen LogP contribution in [0, 0.1) is 17.3 Å². The summed E-state index contributed by atoms with van der Waals surface area (Å²) < 4.78 is 6.26. The Bertz CT molecular complexity index is 772. The third-order valence-electron chi connectivity index (χ3n) is 5.88. The number of carboxylic acids is 1. The summed E-state index contributed by atoms with van der Waals surface area (Å²) in [6.45, 7) is 9.58. The van der Waals surface area contributed by atoms with Gasteiger partial charge in [0.2, 0.25) is 0 Å². The molecule has 3 atom stereocenters. The fraction of sp³-hybridized carbons (Fsp3) is 0.435. The van der Waals surface area contributed by atoms with E-state index in [0.29, 0.717) is 11.4 Å². The van der Waals surface area contributed by atoms with Gasteiger partial charge in [0.15, 0.2) is 0 Å². The summed E-state index contributed by atoms with van der Waals surface area (Å²) in [4.78, 5) is 11.9. The highest BCUT2D eigenvalue weighted by molar-refractivity contribution is 6.30. The van der Waals surface area contributed by atoms with E-state index in [2.05, 4.69) is 12.1 Å². The van der Waals surface area contributed by atoms with Gasteiger partial charge in [0.05, 0.1) is 11.5 Å². The average molecular weight is 389 g/mol. The van der Waals surface area contributed by atoms with Crippen LogP contribution in [0.25, 0.3) is 0 Å². The normalized spacial score (nSPS) is 15.8. The van der Waals surface area contributed by atoms with Crippen molar-refractivity contribution in [2.75, 3.05) is 0 Å². The summed E-state index contributed by atoms with van der Waals surface area (Å²) >= 11 is 6.20. The first-order valence-electron chi connectivity index (χ1n) is 9.38. The Morgan fingerprint density at radius 3 is 2.30 bits per heavy atom. The number of ether oxygens (including phenoxy) is 1. The molecule has 27 heavy (non-hydrogen) atoms. The van der Waals surface area contributed by atoms with E-state index in [-0.39, 0.29) is 17.9 Å². The fourth-order valence-electron chi connectivity index (χ4n) is 3.37. The van der Waals surface area contributed by atoms with Gasteiger partial charge in [0.1, 0.15) is 5.75 Å². The molecule has 0 aliphatic carbocycles. The van der Waals surface area contributed by atoms with Crippen LogP contribution in [0.5, 0.6) is 5.75 Å². The van der Waals surface area contributed by atoms with Crippen LogP contribution in [0.2, 0.25) is 5.02 Å². The predicted octanol–water partition coefficient (Wildman–Crippen LogP) is 6.08. The van der Waals surface area contributed by atoms with E-state index in [4.69, 9.17) is 16.3 Å². The Hall–Kier alpha value is -2.00. The SMILES string of the molecule is CC(Oc1ccc(Cl)cc1Cc1ccccc1)C(C)C(C)(C(=O)O)C(C)C. The molecule has 2 aromatic rings. The van der Waals surface area contributed by atoms with Crippen LogP contribution in [0.3, 0.4) is 0 Å². The van der Waals surface area contributed by atoms with E-state index >= 15 is 0 Å². The zero-order valence-electron chi connectivity index (χ0n) is 16.7. The molecule has 3 nitrogen and oxygen atoms in total. The molecule has 1 N–H and O–H groups in total. The molecule has 0 spiro atoms. The van der Waals surface area contributed by atoms with E-state index in [9.17, 15) is 9.90 Å². The van der Waals surface area contributed by atoms with Crippen LogP contribution in [-0.4, -0.2) is 17.2 Å². The minimum atomic E-state index is -0.870. The van der Waals surface area contributed by atoms with E-state index in [1.54, 1.807) is 6.92 Å². The van der Waals surface area contributed by atoms with Crippen molar-refractivity contribution in [3.63, 3.8) is 0 Å². The lowest BCUT2D eigenvalue weighted by atomic mass is 9.68. The molecule has 0 saturated heterocycles. The summed E-state index contributed by atoms with van der Waals surface area (Å²) in [5.74, 6) is -0.222. The molecule has 0 radical (unpaired) electrons. The molecular weight excluding hydrogens is 360 g/mol. The number of carboxylic acid groups (broad SMARTS) is 1. The second-order valence-corrected chi connectivity index (χ2v) is 8.21. The Morgan fingerprint density at radius 2 is 1.74 bits per heavy atom. The molecule has 0 saturated carbocycles. The van der Waals surface area contributed by atoms with Gasteiger partial charge in [-0.15, -0.1) is 0 Å². The van der Waals surface area contributed by atoms with Crippen molar-refractivity contribution in [1.82, 2.24) is 0 Å². The van der Waals surface area contributed by atoms with Crippen LogP contribution in [0.15, 0.2) is 48.5 Å². The maximum absolute atomic E-state index is 11.9. The zero-order valence-corrected chi connectivity index (χ0v) is 17.5. The molecule has 0 bridgehead atoms. The minimum absolute atomic E-state index is 0.00921. The average Bonchev–Trinajstić information content (AvgIpc) is 2.63. The lowest BCUT2D eigenvalue weighted by molar-refractivity contribution is -0.157. The van der Waals surface area contributed by atoms with Gasteiger partial charge >= 0.3 is 5.97 Å². The van der Waals surface area contributed by atoms with Gasteiger partial charge in [-0.2, -0.15) is 0 Å². The third kappa shape index (κ3) is 4.84. The molecule has 0 amide bonds. The predicted molar refractivity (Wildman–Crippen MR) is 111 cm³/mol. The van der Waals surface area contributed by atoms with Gasteiger partial charge < -0.3 is 9.84 Å². The number of hydrogen-bond donors (Lipinski definition) is 1.